The second kappa shape index (κ2) is 8.27. The van der Waals surface area contributed by atoms with Gasteiger partial charge in [-0.3, -0.25) is 0 Å². The fraction of sp³-hybridized carbons (Fsp3) is 0. The quantitative estimate of drug-likeness (QED) is 0.368. The van der Waals surface area contributed by atoms with Crippen molar-refractivity contribution >= 4 is 56.2 Å². The molecule has 0 spiro atoms. The summed E-state index contributed by atoms with van der Waals surface area (Å²) in [5, 5.41) is 0. The fourth-order valence-corrected chi connectivity index (χ4v) is 3.14. The third kappa shape index (κ3) is 4.56. The van der Waals surface area contributed by atoms with Crippen LogP contribution in [0.3, 0.4) is 0 Å². The molecule has 0 aliphatic heterocycles. The van der Waals surface area contributed by atoms with Crippen LogP contribution in [0.15, 0.2) is 81.7 Å². The normalized spacial score (nSPS) is 11.4. The Morgan fingerprint density at radius 3 is 1.21 bits per heavy atom. The van der Waals surface area contributed by atoms with Crippen LogP contribution in [-0.2, 0) is 0 Å². The summed E-state index contributed by atoms with van der Waals surface area (Å²) >= 11 is 7.13. The summed E-state index contributed by atoms with van der Waals surface area (Å²) in [5.41, 5.74) is 4.72. The van der Waals surface area contributed by atoms with E-state index >= 15 is 0 Å². The lowest BCUT2D eigenvalue weighted by molar-refractivity contribution is 1.59. The standard InChI is InChI=1S/C22H16Br2/c23-21-7-3-1-5-19(21)15-13-17-9-11-18(12-10-17)14-16-20-6-2-4-8-22(20)24/h1-16H. The molecule has 2 heteroatoms. The summed E-state index contributed by atoms with van der Waals surface area (Å²) in [5.74, 6) is 0. The molecule has 3 rings (SSSR count). The van der Waals surface area contributed by atoms with E-state index in [-0.39, 0.29) is 0 Å². The van der Waals surface area contributed by atoms with E-state index in [0.717, 1.165) is 8.95 Å². The van der Waals surface area contributed by atoms with Crippen molar-refractivity contribution in [1.82, 2.24) is 0 Å². The smallest absolute Gasteiger partial charge is 0.0247 e. The van der Waals surface area contributed by atoms with Gasteiger partial charge in [0.15, 0.2) is 0 Å². The van der Waals surface area contributed by atoms with Gasteiger partial charge in [-0.05, 0) is 34.4 Å². The summed E-state index contributed by atoms with van der Waals surface area (Å²) in [6.45, 7) is 0. The van der Waals surface area contributed by atoms with Gasteiger partial charge >= 0.3 is 0 Å². The number of halogens is 2. The van der Waals surface area contributed by atoms with E-state index in [1.54, 1.807) is 0 Å². The summed E-state index contributed by atoms with van der Waals surface area (Å²) in [6.07, 6.45) is 8.49. The average molecular weight is 440 g/mol. The molecule has 0 aliphatic rings. The van der Waals surface area contributed by atoms with E-state index in [4.69, 9.17) is 0 Å². The maximum absolute atomic E-state index is 3.57. The van der Waals surface area contributed by atoms with Crippen LogP contribution in [0.25, 0.3) is 24.3 Å². The van der Waals surface area contributed by atoms with Crippen LogP contribution in [0.4, 0.5) is 0 Å². The third-order valence-electron chi connectivity index (χ3n) is 3.66. The van der Waals surface area contributed by atoms with Crippen molar-refractivity contribution in [2.45, 2.75) is 0 Å². The number of benzene rings is 3. The van der Waals surface area contributed by atoms with Gasteiger partial charge in [0.25, 0.3) is 0 Å². The van der Waals surface area contributed by atoms with E-state index in [9.17, 15) is 0 Å². The molecule has 3 aromatic rings. The third-order valence-corrected chi connectivity index (χ3v) is 5.10. The van der Waals surface area contributed by atoms with Crippen LogP contribution in [0, 0.1) is 0 Å². The topological polar surface area (TPSA) is 0 Å². The van der Waals surface area contributed by atoms with Crippen LogP contribution in [0.2, 0.25) is 0 Å². The molecule has 24 heavy (non-hydrogen) atoms. The van der Waals surface area contributed by atoms with Gasteiger partial charge in [-0.25, -0.2) is 0 Å². The Morgan fingerprint density at radius 2 is 0.833 bits per heavy atom. The van der Waals surface area contributed by atoms with Crippen molar-refractivity contribution in [3.63, 3.8) is 0 Å². The Morgan fingerprint density at radius 1 is 0.458 bits per heavy atom. The molecule has 0 unspecified atom stereocenters. The molecular weight excluding hydrogens is 424 g/mol. The fourth-order valence-electron chi connectivity index (χ4n) is 2.31. The highest BCUT2D eigenvalue weighted by Crippen LogP contribution is 2.20. The Labute approximate surface area is 159 Å². The lowest BCUT2D eigenvalue weighted by Gasteiger charge is -2.00. The maximum atomic E-state index is 3.57. The molecule has 0 fully saturated rings. The summed E-state index contributed by atoms with van der Waals surface area (Å²) in [7, 11) is 0. The maximum Gasteiger partial charge on any atom is 0.0247 e. The summed E-state index contributed by atoms with van der Waals surface area (Å²) < 4.78 is 2.21. The molecule has 0 amide bonds. The van der Waals surface area contributed by atoms with E-state index in [2.05, 4.69) is 105 Å². The van der Waals surface area contributed by atoms with Gasteiger partial charge < -0.3 is 0 Å². The van der Waals surface area contributed by atoms with E-state index in [1.165, 1.54) is 22.3 Å². The summed E-state index contributed by atoms with van der Waals surface area (Å²) in [4.78, 5) is 0. The van der Waals surface area contributed by atoms with E-state index < -0.39 is 0 Å². The molecule has 0 saturated carbocycles. The number of hydrogen-bond donors (Lipinski definition) is 0. The zero-order chi connectivity index (χ0) is 16.8. The lowest BCUT2D eigenvalue weighted by atomic mass is 10.1. The molecule has 0 N–H and O–H groups in total. The minimum Gasteiger partial charge on any atom is -0.0616 e. The summed E-state index contributed by atoms with van der Waals surface area (Å²) in [6, 6.07) is 24.9. The largest absolute Gasteiger partial charge is 0.0616 e. The molecule has 0 atom stereocenters. The van der Waals surface area contributed by atoms with E-state index in [1.807, 2.05) is 24.3 Å². The van der Waals surface area contributed by atoms with Gasteiger partial charge in [-0.1, -0.05) is 117 Å². The van der Waals surface area contributed by atoms with Gasteiger partial charge in [0, 0.05) is 8.95 Å². The number of hydrogen-bond acceptors (Lipinski definition) is 0. The van der Waals surface area contributed by atoms with Gasteiger partial charge in [-0.15, -0.1) is 0 Å². The average Bonchev–Trinajstić information content (AvgIpc) is 2.61. The van der Waals surface area contributed by atoms with Crippen LogP contribution in [0.1, 0.15) is 22.3 Å². The minimum absolute atomic E-state index is 1.11. The minimum atomic E-state index is 1.11. The predicted octanol–water partition coefficient (Wildman–Crippen LogP) is 7.55. The predicted molar refractivity (Wildman–Crippen MR) is 113 cm³/mol. The lowest BCUT2D eigenvalue weighted by Crippen LogP contribution is -1.77. The van der Waals surface area contributed by atoms with Crippen LogP contribution in [-0.4, -0.2) is 0 Å². The molecular formula is C22H16Br2. The molecule has 0 nitrogen and oxygen atoms in total. The highest BCUT2D eigenvalue weighted by Gasteiger charge is 1.95. The number of rotatable bonds is 4. The Bertz CT molecular complexity index is 800. The Kier molecular flexibility index (Phi) is 5.84. The highest BCUT2D eigenvalue weighted by atomic mass is 79.9. The van der Waals surface area contributed by atoms with Crippen molar-refractivity contribution in [1.29, 1.82) is 0 Å². The second-order valence-electron chi connectivity index (χ2n) is 5.38. The molecule has 3 aromatic carbocycles. The molecule has 0 aromatic heterocycles. The monoisotopic (exact) mass is 438 g/mol. The molecule has 118 valence electrons. The zero-order valence-corrected chi connectivity index (χ0v) is 16.2. The SMILES string of the molecule is Brc1ccccc1C=Cc1ccc(C=Cc2ccccc2Br)cc1. The molecule has 0 saturated heterocycles. The Balaban J connectivity index is 1.72. The van der Waals surface area contributed by atoms with Crippen LogP contribution in [0.5, 0.6) is 0 Å². The van der Waals surface area contributed by atoms with Gasteiger partial charge in [0.2, 0.25) is 0 Å². The molecule has 0 radical (unpaired) electrons. The van der Waals surface area contributed by atoms with E-state index in [0.29, 0.717) is 0 Å². The Hall–Kier alpha value is -1.90. The van der Waals surface area contributed by atoms with Gasteiger partial charge in [-0.2, -0.15) is 0 Å². The molecule has 0 aliphatic carbocycles. The first-order valence-corrected chi connectivity index (χ1v) is 9.26. The van der Waals surface area contributed by atoms with Crippen molar-refractivity contribution in [3.8, 4) is 0 Å². The van der Waals surface area contributed by atoms with Crippen molar-refractivity contribution in [2.24, 2.45) is 0 Å². The van der Waals surface area contributed by atoms with Crippen molar-refractivity contribution in [2.75, 3.05) is 0 Å². The van der Waals surface area contributed by atoms with Gasteiger partial charge in [0.1, 0.15) is 0 Å². The first-order valence-electron chi connectivity index (χ1n) is 7.68. The van der Waals surface area contributed by atoms with Crippen LogP contribution < -0.4 is 0 Å². The van der Waals surface area contributed by atoms with Crippen molar-refractivity contribution < 1.29 is 0 Å². The highest BCUT2D eigenvalue weighted by molar-refractivity contribution is 9.10. The first-order chi connectivity index (χ1) is 11.7. The van der Waals surface area contributed by atoms with Crippen molar-refractivity contribution in [3.05, 3.63) is 104 Å². The van der Waals surface area contributed by atoms with Crippen LogP contribution >= 0.6 is 31.9 Å². The zero-order valence-electron chi connectivity index (χ0n) is 13.0. The molecule has 0 heterocycles. The molecule has 0 bridgehead atoms. The second-order valence-corrected chi connectivity index (χ2v) is 7.09. The van der Waals surface area contributed by atoms with Gasteiger partial charge in [0.05, 0.1) is 0 Å². The first kappa shape index (κ1) is 16.9.